The van der Waals surface area contributed by atoms with Crippen LogP contribution in [0, 0.1) is 5.92 Å². The first-order valence-electron chi connectivity index (χ1n) is 10.5. The van der Waals surface area contributed by atoms with Crippen LogP contribution in [-0.2, 0) is 22.1 Å². The summed E-state index contributed by atoms with van der Waals surface area (Å²) in [6.07, 6.45) is -0.0270. The quantitative estimate of drug-likeness (QED) is 0.657. The zero-order chi connectivity index (χ0) is 22.2. The fourth-order valence-corrected chi connectivity index (χ4v) is 4.29. The first-order valence-corrected chi connectivity index (χ1v) is 13.4. The second-order valence-corrected chi connectivity index (χ2v) is 15.7. The van der Waals surface area contributed by atoms with E-state index in [2.05, 4.69) is 39.9 Å². The van der Waals surface area contributed by atoms with Gasteiger partial charge in [0.2, 0.25) is 0 Å². The van der Waals surface area contributed by atoms with Gasteiger partial charge >= 0.3 is 6.09 Å². The fourth-order valence-electron chi connectivity index (χ4n) is 3.23. The van der Waals surface area contributed by atoms with Crippen molar-refractivity contribution in [1.82, 2.24) is 4.90 Å². The molecule has 0 heterocycles. The topological polar surface area (TPSA) is 59.0 Å². The van der Waals surface area contributed by atoms with Gasteiger partial charge in [0, 0.05) is 26.1 Å². The maximum atomic E-state index is 12.2. The van der Waals surface area contributed by atoms with Gasteiger partial charge in [0.15, 0.2) is 8.32 Å². The van der Waals surface area contributed by atoms with Crippen LogP contribution in [0.4, 0.5) is 4.79 Å². The monoisotopic (exact) mass is 421 g/mol. The summed E-state index contributed by atoms with van der Waals surface area (Å²) in [7, 11) is -0.0976. The lowest BCUT2D eigenvalue weighted by Crippen LogP contribution is -2.42. The highest BCUT2D eigenvalue weighted by molar-refractivity contribution is 6.74. The Hall–Kier alpha value is -1.37. The fraction of sp³-hybridized carbons (Fsp3) is 0.696. The third-order valence-corrected chi connectivity index (χ3v) is 10.5. The number of carbonyl (C=O) groups excluding carboxylic acids is 1. The Morgan fingerprint density at radius 2 is 1.83 bits per heavy atom. The number of ether oxygens (including phenoxy) is 1. The maximum absolute atomic E-state index is 12.2. The van der Waals surface area contributed by atoms with Crippen LogP contribution in [-0.4, -0.2) is 43.7 Å². The lowest BCUT2D eigenvalue weighted by molar-refractivity contribution is 0.0285. The third kappa shape index (κ3) is 6.06. The van der Waals surface area contributed by atoms with Crippen molar-refractivity contribution >= 4 is 14.4 Å². The molecule has 0 aromatic heterocycles. The molecule has 1 aliphatic carbocycles. The molecule has 1 aromatic rings. The van der Waals surface area contributed by atoms with Crippen molar-refractivity contribution in [2.24, 2.45) is 5.92 Å². The Balaban J connectivity index is 2.02. The first kappa shape index (κ1) is 23.9. The summed E-state index contributed by atoms with van der Waals surface area (Å²) in [5, 5.41) is 10.9. The number of rotatable bonds is 5. The standard InChI is InChI=1S/C23H39NO4Si/c1-22(2,3)28-21(26)24(7)14-16-10-11-19-17(12-16)13-18(20(19)25)15-27-29(8,9)23(4,5)6/h10-12,18,20,25H,13-15H2,1-9H3/t18-,20+/m1/s1. The summed E-state index contributed by atoms with van der Waals surface area (Å²) >= 11 is 0. The van der Waals surface area contributed by atoms with Crippen molar-refractivity contribution in [3.8, 4) is 0 Å². The van der Waals surface area contributed by atoms with Crippen molar-refractivity contribution in [2.45, 2.75) is 84.3 Å². The third-order valence-electron chi connectivity index (χ3n) is 6.04. The molecule has 0 unspecified atom stereocenters. The van der Waals surface area contributed by atoms with E-state index in [1.807, 2.05) is 32.9 Å². The van der Waals surface area contributed by atoms with Gasteiger partial charge in [0.1, 0.15) is 5.60 Å². The normalized spacial score (nSPS) is 19.8. The molecule has 1 aliphatic rings. The zero-order valence-corrected chi connectivity index (χ0v) is 20.6. The number of hydrogen-bond acceptors (Lipinski definition) is 4. The van der Waals surface area contributed by atoms with Crippen molar-refractivity contribution in [2.75, 3.05) is 13.7 Å². The van der Waals surface area contributed by atoms with Crippen molar-refractivity contribution in [3.05, 3.63) is 34.9 Å². The highest BCUT2D eigenvalue weighted by Crippen LogP contribution is 2.40. The molecule has 0 bridgehead atoms. The number of aliphatic hydroxyl groups excluding tert-OH is 1. The van der Waals surface area contributed by atoms with Gasteiger partial charge in [-0.25, -0.2) is 4.79 Å². The Morgan fingerprint density at radius 3 is 2.38 bits per heavy atom. The van der Waals surface area contributed by atoms with E-state index >= 15 is 0 Å². The number of benzene rings is 1. The van der Waals surface area contributed by atoms with Crippen LogP contribution in [0.25, 0.3) is 0 Å². The molecule has 6 heteroatoms. The number of carbonyl (C=O) groups is 1. The summed E-state index contributed by atoms with van der Waals surface area (Å²) in [4.78, 5) is 13.8. The Kier molecular flexibility index (Phi) is 6.92. The van der Waals surface area contributed by atoms with Crippen molar-refractivity contribution in [1.29, 1.82) is 0 Å². The predicted octanol–water partition coefficient (Wildman–Crippen LogP) is 5.28. The van der Waals surface area contributed by atoms with Gasteiger partial charge in [-0.05, 0) is 62.0 Å². The predicted molar refractivity (Wildman–Crippen MR) is 119 cm³/mol. The molecular formula is C23H39NO4Si. The number of nitrogens with zero attached hydrogens (tertiary/aromatic N) is 1. The van der Waals surface area contributed by atoms with Crippen LogP contribution in [0.15, 0.2) is 18.2 Å². The van der Waals surface area contributed by atoms with E-state index in [1.54, 1.807) is 11.9 Å². The second kappa shape index (κ2) is 8.40. The van der Waals surface area contributed by atoms with Crippen LogP contribution in [0.3, 0.4) is 0 Å². The van der Waals surface area contributed by atoms with E-state index in [0.717, 1.165) is 23.1 Å². The van der Waals surface area contributed by atoms with E-state index in [9.17, 15) is 9.90 Å². The molecule has 29 heavy (non-hydrogen) atoms. The van der Waals surface area contributed by atoms with Gasteiger partial charge in [-0.2, -0.15) is 0 Å². The zero-order valence-electron chi connectivity index (χ0n) is 19.6. The Bertz CT molecular complexity index is 733. The molecule has 5 nitrogen and oxygen atoms in total. The number of amides is 1. The number of hydrogen-bond donors (Lipinski definition) is 1. The summed E-state index contributed by atoms with van der Waals surface area (Å²) in [6, 6.07) is 6.08. The largest absolute Gasteiger partial charge is 0.444 e. The summed E-state index contributed by atoms with van der Waals surface area (Å²) in [5.41, 5.74) is 2.66. The number of fused-ring (bicyclic) bond motifs is 1. The highest BCUT2D eigenvalue weighted by Gasteiger charge is 2.39. The van der Waals surface area contributed by atoms with Gasteiger partial charge in [0.05, 0.1) is 6.10 Å². The lowest BCUT2D eigenvalue weighted by Gasteiger charge is -2.37. The minimum Gasteiger partial charge on any atom is -0.444 e. The van der Waals surface area contributed by atoms with Crippen LogP contribution >= 0.6 is 0 Å². The van der Waals surface area contributed by atoms with Crippen molar-refractivity contribution in [3.63, 3.8) is 0 Å². The van der Waals surface area contributed by atoms with E-state index in [1.165, 1.54) is 0 Å². The van der Waals surface area contributed by atoms with Crippen LogP contribution in [0.2, 0.25) is 18.1 Å². The van der Waals surface area contributed by atoms with Crippen molar-refractivity contribution < 1.29 is 19.1 Å². The molecule has 2 rings (SSSR count). The van der Waals surface area contributed by atoms with Gasteiger partial charge in [-0.15, -0.1) is 0 Å². The molecule has 0 radical (unpaired) electrons. The molecule has 1 N–H and O–H groups in total. The van der Waals surface area contributed by atoms with Crippen LogP contribution in [0.5, 0.6) is 0 Å². The minimum atomic E-state index is -1.84. The highest BCUT2D eigenvalue weighted by atomic mass is 28.4. The lowest BCUT2D eigenvalue weighted by atomic mass is 10.0. The molecule has 0 saturated carbocycles. The molecule has 164 valence electrons. The average molecular weight is 422 g/mol. The summed E-state index contributed by atoms with van der Waals surface area (Å²) in [5.74, 6) is 0.0814. The van der Waals surface area contributed by atoms with E-state index < -0.39 is 20.0 Å². The average Bonchev–Trinajstić information content (AvgIpc) is 2.86. The smallest absolute Gasteiger partial charge is 0.410 e. The van der Waals surface area contributed by atoms with Crippen LogP contribution in [0.1, 0.15) is 64.3 Å². The number of aliphatic hydroxyl groups is 1. The molecule has 1 aromatic carbocycles. The summed E-state index contributed by atoms with van der Waals surface area (Å²) in [6.45, 7) is 17.8. The van der Waals surface area contributed by atoms with Gasteiger partial charge < -0.3 is 19.2 Å². The Labute approximate surface area is 177 Å². The van der Waals surface area contributed by atoms with Crippen LogP contribution < -0.4 is 0 Å². The summed E-state index contributed by atoms with van der Waals surface area (Å²) < 4.78 is 11.8. The van der Waals surface area contributed by atoms with E-state index in [4.69, 9.17) is 9.16 Å². The minimum absolute atomic E-state index is 0.0814. The van der Waals surface area contributed by atoms with Gasteiger partial charge in [-0.1, -0.05) is 39.0 Å². The second-order valence-electron chi connectivity index (χ2n) is 10.8. The molecular weight excluding hydrogens is 382 g/mol. The van der Waals surface area contributed by atoms with E-state index in [0.29, 0.717) is 13.2 Å². The van der Waals surface area contributed by atoms with E-state index in [-0.39, 0.29) is 17.0 Å². The molecule has 0 fully saturated rings. The SMILES string of the molecule is CN(Cc1ccc2c(c1)C[C@H](CO[Si](C)(C)C(C)(C)C)[C@@H]2O)C(=O)OC(C)(C)C. The van der Waals surface area contributed by atoms with Gasteiger partial charge in [0.25, 0.3) is 0 Å². The molecule has 2 atom stereocenters. The molecule has 0 aliphatic heterocycles. The Morgan fingerprint density at radius 1 is 1.21 bits per heavy atom. The molecule has 1 amide bonds. The maximum Gasteiger partial charge on any atom is 0.410 e. The molecule has 0 spiro atoms. The molecule has 0 saturated heterocycles. The first-order chi connectivity index (χ1) is 13.1. The van der Waals surface area contributed by atoms with Gasteiger partial charge in [-0.3, -0.25) is 0 Å².